The number of benzene rings is 1. The van der Waals surface area contributed by atoms with Crippen molar-refractivity contribution in [1.82, 2.24) is 25.0 Å². The lowest BCUT2D eigenvalue weighted by atomic mass is 10.3. The number of halogens is 1. The van der Waals surface area contributed by atoms with Crippen LogP contribution in [0.1, 0.15) is 0 Å². The summed E-state index contributed by atoms with van der Waals surface area (Å²) in [5.74, 6) is 0.821. The van der Waals surface area contributed by atoms with Crippen LogP contribution in [0.2, 0.25) is 0 Å². The summed E-state index contributed by atoms with van der Waals surface area (Å²) in [5, 5.41) is 8.52. The summed E-state index contributed by atoms with van der Waals surface area (Å²) in [6, 6.07) is 9.62. The molecule has 6 nitrogen and oxygen atoms in total. The molecule has 0 amide bonds. The molecule has 2 aromatic heterocycles. The fourth-order valence-corrected chi connectivity index (χ4v) is 1.75. The summed E-state index contributed by atoms with van der Waals surface area (Å²) in [7, 11) is 0. The Morgan fingerprint density at radius 2 is 1.89 bits per heavy atom. The molecule has 1 aromatic carbocycles. The highest BCUT2D eigenvalue weighted by atomic mass is 79.9. The van der Waals surface area contributed by atoms with Gasteiger partial charge in [-0.25, -0.2) is 9.97 Å². The normalized spacial score (nSPS) is 10.6. The number of rotatable bonds is 2. The highest BCUT2D eigenvalue weighted by Crippen LogP contribution is 2.19. The maximum Gasteiger partial charge on any atom is 0.183 e. The first-order valence-corrected chi connectivity index (χ1v) is 6.29. The summed E-state index contributed by atoms with van der Waals surface area (Å²) in [4.78, 5) is 9.84. The average molecular weight is 317 g/mol. The van der Waals surface area contributed by atoms with Gasteiger partial charge in [-0.05, 0) is 28.1 Å². The maximum atomic E-state index is 5.72. The van der Waals surface area contributed by atoms with E-state index in [4.69, 9.17) is 5.73 Å². The quantitative estimate of drug-likeness (QED) is 0.782. The van der Waals surface area contributed by atoms with Gasteiger partial charge >= 0.3 is 0 Å². The molecule has 0 unspecified atom stereocenters. The minimum atomic E-state index is 0.374. The van der Waals surface area contributed by atoms with Crippen LogP contribution in [0.15, 0.2) is 47.2 Å². The number of nitrogens with zero attached hydrogens (tertiary/aromatic N) is 5. The van der Waals surface area contributed by atoms with Crippen LogP contribution >= 0.6 is 15.9 Å². The Bertz CT molecular complexity index is 709. The lowest BCUT2D eigenvalue weighted by Gasteiger charge is -1.99. The number of nitrogen functional groups attached to an aromatic ring is 1. The molecule has 2 heterocycles. The van der Waals surface area contributed by atoms with E-state index in [0.717, 1.165) is 5.69 Å². The molecule has 0 saturated heterocycles. The Kier molecular flexibility index (Phi) is 2.96. The fraction of sp³-hybridized carbons (Fsp3) is 0. The monoisotopic (exact) mass is 316 g/mol. The van der Waals surface area contributed by atoms with Gasteiger partial charge in [-0.3, -0.25) is 0 Å². The highest BCUT2D eigenvalue weighted by Gasteiger charge is 2.09. The van der Waals surface area contributed by atoms with Crippen molar-refractivity contribution in [2.45, 2.75) is 0 Å². The molecule has 0 spiro atoms. The summed E-state index contributed by atoms with van der Waals surface area (Å²) < 4.78 is 0.659. The van der Waals surface area contributed by atoms with E-state index in [1.165, 1.54) is 4.80 Å². The maximum absolute atomic E-state index is 5.72. The summed E-state index contributed by atoms with van der Waals surface area (Å²) >= 11 is 3.25. The van der Waals surface area contributed by atoms with Gasteiger partial charge in [-0.1, -0.05) is 18.2 Å². The zero-order chi connectivity index (χ0) is 13.2. The smallest absolute Gasteiger partial charge is 0.183 e. The van der Waals surface area contributed by atoms with Crippen molar-refractivity contribution >= 4 is 21.7 Å². The molecule has 0 aliphatic rings. The molecule has 3 rings (SSSR count). The zero-order valence-electron chi connectivity index (χ0n) is 9.73. The third kappa shape index (κ3) is 2.32. The molecule has 0 saturated carbocycles. The number of para-hydroxylation sites is 1. The first kappa shape index (κ1) is 11.8. The van der Waals surface area contributed by atoms with Gasteiger partial charge in [0.05, 0.1) is 16.4 Å². The third-order valence-electron chi connectivity index (χ3n) is 2.48. The first-order chi connectivity index (χ1) is 9.24. The molecule has 7 heteroatoms. The van der Waals surface area contributed by atoms with E-state index < -0.39 is 0 Å². The Morgan fingerprint density at radius 3 is 2.63 bits per heavy atom. The van der Waals surface area contributed by atoms with E-state index in [0.29, 0.717) is 21.8 Å². The van der Waals surface area contributed by atoms with E-state index in [2.05, 4.69) is 36.1 Å². The second-order valence-corrected chi connectivity index (χ2v) is 4.64. The highest BCUT2D eigenvalue weighted by molar-refractivity contribution is 9.10. The van der Waals surface area contributed by atoms with Crippen LogP contribution in [0.4, 0.5) is 5.82 Å². The molecule has 3 aromatic rings. The van der Waals surface area contributed by atoms with Crippen molar-refractivity contribution in [3.8, 4) is 17.2 Å². The number of nitrogens with two attached hydrogens (primary N) is 1. The van der Waals surface area contributed by atoms with Gasteiger partial charge < -0.3 is 5.73 Å². The lowest BCUT2D eigenvalue weighted by Crippen LogP contribution is -2.00. The van der Waals surface area contributed by atoms with Crippen molar-refractivity contribution in [3.05, 3.63) is 47.2 Å². The van der Waals surface area contributed by atoms with Crippen LogP contribution in [0.25, 0.3) is 17.2 Å². The van der Waals surface area contributed by atoms with Crippen LogP contribution < -0.4 is 5.73 Å². The molecular weight excluding hydrogens is 308 g/mol. The Morgan fingerprint density at radius 1 is 1.11 bits per heavy atom. The number of aromatic nitrogens is 5. The van der Waals surface area contributed by atoms with Gasteiger partial charge in [0.25, 0.3) is 0 Å². The zero-order valence-corrected chi connectivity index (χ0v) is 11.3. The van der Waals surface area contributed by atoms with E-state index in [1.54, 1.807) is 12.4 Å². The largest absolute Gasteiger partial charge is 0.383 e. The van der Waals surface area contributed by atoms with Gasteiger partial charge in [0, 0.05) is 6.20 Å². The second-order valence-electron chi connectivity index (χ2n) is 3.78. The SMILES string of the molecule is Nc1nc(-c2cnn(-c3ccccc3)n2)ncc1Br. The fourth-order valence-electron chi connectivity index (χ4n) is 1.55. The minimum absolute atomic E-state index is 0.374. The molecule has 94 valence electrons. The van der Waals surface area contributed by atoms with Crippen LogP contribution in [-0.2, 0) is 0 Å². The molecule has 0 aliphatic carbocycles. The number of anilines is 1. The van der Waals surface area contributed by atoms with Gasteiger partial charge in [0.15, 0.2) is 11.5 Å². The van der Waals surface area contributed by atoms with Gasteiger partial charge in [0.2, 0.25) is 0 Å². The minimum Gasteiger partial charge on any atom is -0.383 e. The number of hydrogen-bond donors (Lipinski definition) is 1. The summed E-state index contributed by atoms with van der Waals surface area (Å²) in [5.41, 5.74) is 7.17. The Balaban J connectivity index is 1.99. The summed E-state index contributed by atoms with van der Waals surface area (Å²) in [6.07, 6.45) is 3.20. The van der Waals surface area contributed by atoms with Crippen LogP contribution in [0.5, 0.6) is 0 Å². The van der Waals surface area contributed by atoms with Crippen molar-refractivity contribution in [2.75, 3.05) is 5.73 Å². The molecule has 0 atom stereocenters. The Labute approximate surface area is 117 Å². The average Bonchev–Trinajstić information content (AvgIpc) is 2.93. The Hall–Kier alpha value is -2.28. The van der Waals surface area contributed by atoms with Crippen molar-refractivity contribution < 1.29 is 0 Å². The molecule has 2 N–H and O–H groups in total. The molecule has 0 radical (unpaired) electrons. The topological polar surface area (TPSA) is 82.5 Å². The third-order valence-corrected chi connectivity index (χ3v) is 3.09. The van der Waals surface area contributed by atoms with Crippen LogP contribution in [-0.4, -0.2) is 25.0 Å². The van der Waals surface area contributed by atoms with E-state index in [9.17, 15) is 0 Å². The molecule has 0 fully saturated rings. The van der Waals surface area contributed by atoms with Crippen molar-refractivity contribution in [2.24, 2.45) is 0 Å². The van der Waals surface area contributed by atoms with Gasteiger partial charge in [-0.15, -0.1) is 5.10 Å². The summed E-state index contributed by atoms with van der Waals surface area (Å²) in [6.45, 7) is 0. The van der Waals surface area contributed by atoms with Crippen LogP contribution in [0.3, 0.4) is 0 Å². The predicted molar refractivity (Wildman–Crippen MR) is 74.5 cm³/mol. The van der Waals surface area contributed by atoms with Crippen molar-refractivity contribution in [1.29, 1.82) is 0 Å². The second kappa shape index (κ2) is 4.77. The van der Waals surface area contributed by atoms with E-state index in [-0.39, 0.29) is 0 Å². The van der Waals surface area contributed by atoms with Crippen molar-refractivity contribution in [3.63, 3.8) is 0 Å². The predicted octanol–water partition coefficient (Wildman–Crippen LogP) is 2.07. The lowest BCUT2D eigenvalue weighted by molar-refractivity contribution is 0.752. The standard InChI is InChI=1S/C12H9BrN6/c13-9-6-15-12(17-11(9)14)10-7-16-19(18-10)8-4-2-1-3-5-8/h1-7H,(H2,14,15,17). The van der Waals surface area contributed by atoms with Crippen LogP contribution in [0, 0.1) is 0 Å². The first-order valence-electron chi connectivity index (χ1n) is 5.50. The molecule has 19 heavy (non-hydrogen) atoms. The molecular formula is C12H9BrN6. The van der Waals surface area contributed by atoms with Gasteiger partial charge in [0.1, 0.15) is 5.82 Å². The number of hydrogen-bond acceptors (Lipinski definition) is 5. The van der Waals surface area contributed by atoms with E-state index in [1.807, 2.05) is 30.3 Å². The molecule has 0 aliphatic heterocycles. The molecule has 0 bridgehead atoms. The van der Waals surface area contributed by atoms with E-state index >= 15 is 0 Å². The van der Waals surface area contributed by atoms with Gasteiger partial charge in [-0.2, -0.15) is 9.90 Å².